The number of azide groups is 1. The maximum absolute atomic E-state index is 8.30. The van der Waals surface area contributed by atoms with Crippen molar-refractivity contribution >= 4 is 22.6 Å². The summed E-state index contributed by atoms with van der Waals surface area (Å²) in [5.74, 6) is 0. The highest BCUT2D eigenvalue weighted by molar-refractivity contribution is 14.1. The number of rotatable bonds is 4. The van der Waals surface area contributed by atoms with Crippen molar-refractivity contribution in [3.63, 3.8) is 0 Å². The van der Waals surface area contributed by atoms with E-state index in [1.165, 1.54) is 5.56 Å². The molecule has 0 amide bonds. The number of alkyl halides is 1. The number of nitrogens with zero attached hydrogens (tertiary/aromatic N) is 3. The first-order valence-electron chi connectivity index (χ1n) is 4.01. The zero-order valence-electron chi connectivity index (χ0n) is 7.10. The molecule has 0 radical (unpaired) electrons. The quantitative estimate of drug-likeness (QED) is 0.268. The van der Waals surface area contributed by atoms with Crippen molar-refractivity contribution in [1.82, 2.24) is 0 Å². The topological polar surface area (TPSA) is 48.8 Å². The third kappa shape index (κ3) is 3.65. The van der Waals surface area contributed by atoms with Gasteiger partial charge in [0.2, 0.25) is 0 Å². The summed E-state index contributed by atoms with van der Waals surface area (Å²) < 4.78 is 0.858. The SMILES string of the molecule is [N-]=[N+]=N[C@H](CI)Cc1ccccc1. The van der Waals surface area contributed by atoms with Gasteiger partial charge in [-0.2, -0.15) is 0 Å². The second kappa shape index (κ2) is 5.83. The van der Waals surface area contributed by atoms with Crippen molar-refractivity contribution < 1.29 is 0 Å². The Morgan fingerprint density at radius 3 is 2.62 bits per heavy atom. The molecule has 0 bridgehead atoms. The molecule has 13 heavy (non-hydrogen) atoms. The van der Waals surface area contributed by atoms with Gasteiger partial charge in [-0.3, -0.25) is 0 Å². The van der Waals surface area contributed by atoms with Crippen molar-refractivity contribution in [2.24, 2.45) is 5.11 Å². The van der Waals surface area contributed by atoms with Crippen LogP contribution in [0.4, 0.5) is 0 Å². The molecule has 0 aliphatic carbocycles. The van der Waals surface area contributed by atoms with Crippen molar-refractivity contribution in [2.45, 2.75) is 12.5 Å². The van der Waals surface area contributed by atoms with Crippen LogP contribution in [0.2, 0.25) is 0 Å². The van der Waals surface area contributed by atoms with E-state index in [0.717, 1.165) is 10.8 Å². The van der Waals surface area contributed by atoms with Gasteiger partial charge in [-0.25, -0.2) is 0 Å². The van der Waals surface area contributed by atoms with E-state index < -0.39 is 0 Å². The van der Waals surface area contributed by atoms with E-state index in [0.29, 0.717) is 0 Å². The molecule has 0 spiro atoms. The Hall–Kier alpha value is -0.740. The first-order chi connectivity index (χ1) is 6.36. The molecule has 68 valence electrons. The molecule has 1 rings (SSSR count). The summed E-state index contributed by atoms with van der Waals surface area (Å²) in [7, 11) is 0. The zero-order chi connectivity index (χ0) is 9.52. The average Bonchev–Trinajstić information content (AvgIpc) is 2.19. The van der Waals surface area contributed by atoms with Crippen LogP contribution in [0.15, 0.2) is 35.4 Å². The third-order valence-electron chi connectivity index (χ3n) is 1.71. The highest BCUT2D eigenvalue weighted by Gasteiger charge is 2.04. The van der Waals surface area contributed by atoms with Gasteiger partial charge in [0, 0.05) is 9.34 Å². The van der Waals surface area contributed by atoms with Gasteiger partial charge in [-0.1, -0.05) is 58.0 Å². The molecule has 1 aromatic rings. The second-order valence-corrected chi connectivity index (χ2v) is 3.58. The Morgan fingerprint density at radius 2 is 2.08 bits per heavy atom. The first kappa shape index (κ1) is 10.3. The predicted molar refractivity (Wildman–Crippen MR) is 62.0 cm³/mol. The summed E-state index contributed by atoms with van der Waals surface area (Å²) in [6.07, 6.45) is 0.827. The van der Waals surface area contributed by atoms with Crippen LogP contribution in [0.5, 0.6) is 0 Å². The standard InChI is InChI=1S/C9H10IN3/c10-7-9(12-13-11)6-8-4-2-1-3-5-8/h1-5,9H,6-7H2/t9-/m0/s1. The van der Waals surface area contributed by atoms with Crippen molar-refractivity contribution in [1.29, 1.82) is 0 Å². The maximum Gasteiger partial charge on any atom is 0.0503 e. The summed E-state index contributed by atoms with van der Waals surface area (Å²) in [6.45, 7) is 0. The fourth-order valence-electron chi connectivity index (χ4n) is 1.09. The zero-order valence-corrected chi connectivity index (χ0v) is 9.26. The minimum absolute atomic E-state index is 0.0769. The van der Waals surface area contributed by atoms with Crippen LogP contribution in [0.3, 0.4) is 0 Å². The van der Waals surface area contributed by atoms with Crippen LogP contribution < -0.4 is 0 Å². The van der Waals surface area contributed by atoms with E-state index >= 15 is 0 Å². The first-order valence-corrected chi connectivity index (χ1v) is 5.53. The normalized spacial score (nSPS) is 11.8. The van der Waals surface area contributed by atoms with E-state index in [4.69, 9.17) is 5.53 Å². The molecule has 0 N–H and O–H groups in total. The summed E-state index contributed by atoms with van der Waals surface area (Å²) in [5.41, 5.74) is 9.52. The lowest BCUT2D eigenvalue weighted by molar-refractivity contribution is 0.751. The van der Waals surface area contributed by atoms with Gasteiger partial charge in [0.1, 0.15) is 0 Å². The summed E-state index contributed by atoms with van der Waals surface area (Å²) >= 11 is 2.23. The lowest BCUT2D eigenvalue weighted by Gasteiger charge is -2.06. The van der Waals surface area contributed by atoms with Crippen molar-refractivity contribution in [3.8, 4) is 0 Å². The summed E-state index contributed by atoms with van der Waals surface area (Å²) in [6, 6.07) is 10.1. The molecule has 0 heterocycles. The fourth-order valence-corrected chi connectivity index (χ4v) is 1.57. The van der Waals surface area contributed by atoms with Crippen LogP contribution in [-0.2, 0) is 6.42 Å². The molecule has 0 aliphatic rings. The molecular weight excluding hydrogens is 277 g/mol. The van der Waals surface area contributed by atoms with Crippen LogP contribution in [-0.4, -0.2) is 10.5 Å². The molecule has 4 heteroatoms. The summed E-state index contributed by atoms with van der Waals surface area (Å²) in [5, 5.41) is 3.71. The van der Waals surface area contributed by atoms with E-state index in [9.17, 15) is 0 Å². The van der Waals surface area contributed by atoms with Gasteiger partial charge in [0.25, 0.3) is 0 Å². The molecule has 0 unspecified atom stereocenters. The van der Waals surface area contributed by atoms with E-state index in [2.05, 4.69) is 32.6 Å². The van der Waals surface area contributed by atoms with Crippen molar-refractivity contribution in [2.75, 3.05) is 4.43 Å². The number of benzene rings is 1. The average molecular weight is 287 g/mol. The number of halogens is 1. The molecule has 0 aliphatic heterocycles. The Kier molecular flexibility index (Phi) is 4.64. The minimum atomic E-state index is 0.0769. The van der Waals surface area contributed by atoms with Gasteiger partial charge >= 0.3 is 0 Å². The van der Waals surface area contributed by atoms with Crippen LogP contribution in [0.1, 0.15) is 5.56 Å². The molecule has 1 atom stereocenters. The molecule has 1 aromatic carbocycles. The monoisotopic (exact) mass is 287 g/mol. The fraction of sp³-hybridized carbons (Fsp3) is 0.333. The van der Waals surface area contributed by atoms with E-state index in [1.807, 2.05) is 30.3 Å². The molecule has 0 fully saturated rings. The van der Waals surface area contributed by atoms with Crippen molar-refractivity contribution in [3.05, 3.63) is 46.3 Å². The molecular formula is C9H10IN3. The Morgan fingerprint density at radius 1 is 1.38 bits per heavy atom. The highest BCUT2D eigenvalue weighted by atomic mass is 127. The van der Waals surface area contributed by atoms with Gasteiger partial charge in [-0.15, -0.1) is 0 Å². The smallest absolute Gasteiger partial charge is 0.0503 e. The molecule has 3 nitrogen and oxygen atoms in total. The Balaban J connectivity index is 2.61. The van der Waals surface area contributed by atoms with Crippen LogP contribution >= 0.6 is 22.6 Å². The summed E-state index contributed by atoms with van der Waals surface area (Å²) in [4.78, 5) is 2.82. The second-order valence-electron chi connectivity index (χ2n) is 2.70. The predicted octanol–water partition coefficient (Wildman–Crippen LogP) is 3.34. The van der Waals surface area contributed by atoms with E-state index in [1.54, 1.807) is 0 Å². The third-order valence-corrected chi connectivity index (χ3v) is 2.72. The highest BCUT2D eigenvalue weighted by Crippen LogP contribution is 2.08. The van der Waals surface area contributed by atoms with Gasteiger partial charge < -0.3 is 0 Å². The molecule has 0 saturated carbocycles. The maximum atomic E-state index is 8.30. The van der Waals surface area contributed by atoms with Gasteiger partial charge in [0.05, 0.1) is 6.04 Å². The minimum Gasteiger partial charge on any atom is -0.0895 e. The largest absolute Gasteiger partial charge is 0.0895 e. The number of hydrogen-bond donors (Lipinski definition) is 0. The Bertz CT molecular complexity index is 293. The lowest BCUT2D eigenvalue weighted by atomic mass is 10.1. The van der Waals surface area contributed by atoms with Gasteiger partial charge in [-0.05, 0) is 17.5 Å². The molecule has 0 aromatic heterocycles. The van der Waals surface area contributed by atoms with Gasteiger partial charge in [0.15, 0.2) is 0 Å². The van der Waals surface area contributed by atoms with Crippen LogP contribution in [0, 0.1) is 0 Å². The Labute approximate surface area is 90.9 Å². The molecule has 0 saturated heterocycles. The van der Waals surface area contributed by atoms with Crippen LogP contribution in [0.25, 0.3) is 10.4 Å². The van der Waals surface area contributed by atoms with E-state index in [-0.39, 0.29) is 6.04 Å². The number of hydrogen-bond acceptors (Lipinski definition) is 1. The lowest BCUT2D eigenvalue weighted by Crippen LogP contribution is -2.08.